The van der Waals surface area contributed by atoms with Crippen molar-refractivity contribution >= 4 is 34.2 Å². The molecule has 0 bridgehead atoms. The number of anilines is 1. The zero-order valence-corrected chi connectivity index (χ0v) is 33.4. The van der Waals surface area contributed by atoms with Crippen LogP contribution in [0.2, 0.25) is 5.02 Å². The predicted molar refractivity (Wildman–Crippen MR) is 220 cm³/mol. The number of benzene rings is 2. The number of nitrogens with zero attached hydrogens (tertiary/aromatic N) is 7. The summed E-state index contributed by atoms with van der Waals surface area (Å²) in [7, 11) is 0. The molecule has 7 rings (SSSR count). The summed E-state index contributed by atoms with van der Waals surface area (Å²) in [6, 6.07) is 21.0. The lowest BCUT2D eigenvalue weighted by Crippen LogP contribution is -2.69. The van der Waals surface area contributed by atoms with Gasteiger partial charge in [-0.05, 0) is 62.2 Å². The highest BCUT2D eigenvalue weighted by Gasteiger charge is 2.65. The Labute approximate surface area is 336 Å². The van der Waals surface area contributed by atoms with Crippen LogP contribution in [0.4, 0.5) is 5.82 Å². The lowest BCUT2D eigenvalue weighted by atomic mass is 9.49. The fraction of sp³-hybridized carbons (Fsp3) is 0.395. The van der Waals surface area contributed by atoms with Gasteiger partial charge in [0.15, 0.2) is 0 Å². The van der Waals surface area contributed by atoms with Gasteiger partial charge >= 0.3 is 5.69 Å². The van der Waals surface area contributed by atoms with Gasteiger partial charge in [0.25, 0.3) is 5.56 Å². The van der Waals surface area contributed by atoms with E-state index in [9.17, 15) is 19.6 Å². The molecule has 14 heteroatoms. The molecule has 2 fully saturated rings. The lowest BCUT2D eigenvalue weighted by Gasteiger charge is -2.62. The van der Waals surface area contributed by atoms with E-state index in [-0.39, 0.29) is 6.10 Å². The first-order valence-electron chi connectivity index (χ1n) is 19.3. The van der Waals surface area contributed by atoms with Crippen LogP contribution in [0.3, 0.4) is 0 Å². The topological polar surface area (TPSA) is 162 Å². The van der Waals surface area contributed by atoms with Crippen molar-refractivity contribution in [3.05, 3.63) is 116 Å². The van der Waals surface area contributed by atoms with E-state index in [1.165, 1.54) is 27.6 Å². The highest BCUT2D eigenvalue weighted by molar-refractivity contribution is 6.31. The quantitative estimate of drug-likeness (QED) is 0.140. The molecule has 296 valence electrons. The van der Waals surface area contributed by atoms with E-state index in [0.29, 0.717) is 40.1 Å². The maximum absolute atomic E-state index is 14.5. The highest BCUT2D eigenvalue weighted by atomic mass is 35.5. The number of carbonyl (C=O) groups excluding carboxylic acids is 1. The van der Waals surface area contributed by atoms with Crippen LogP contribution in [0.5, 0.6) is 11.6 Å². The molecule has 57 heavy (non-hydrogen) atoms. The summed E-state index contributed by atoms with van der Waals surface area (Å²) in [5.74, 6) is 1.19. The van der Waals surface area contributed by atoms with Gasteiger partial charge in [0.05, 0.1) is 34.3 Å². The molecule has 1 saturated heterocycles. The molecule has 13 nitrogen and oxygen atoms in total. The molecular weight excluding hydrogens is 744 g/mol. The number of nitriles is 1. The normalized spacial score (nSPS) is 18.8. The van der Waals surface area contributed by atoms with Crippen molar-refractivity contribution in [3.63, 3.8) is 0 Å². The molecule has 4 heterocycles. The Kier molecular flexibility index (Phi) is 11.1. The average Bonchev–Trinajstić information content (AvgIpc) is 3.19. The first-order valence-corrected chi connectivity index (χ1v) is 19.6. The monoisotopic (exact) mass is 790 g/mol. The number of carbonyl (C=O) groups is 1. The second-order valence-corrected chi connectivity index (χ2v) is 16.4. The molecule has 3 aromatic heterocycles. The van der Waals surface area contributed by atoms with Crippen molar-refractivity contribution in [3.8, 4) is 23.4 Å². The summed E-state index contributed by atoms with van der Waals surface area (Å²) in [4.78, 5) is 53.4. The fourth-order valence-electron chi connectivity index (χ4n) is 8.86. The SMILES string of the molecule is CC1(C)C(Oc2ccc(C#N)c(Cl)c2)C(C)(C)C1n1c(=O)ccn(-c2cc3ccccc3nc2OCCCCCN2CCN(c3ccc(C(N)=O)cn3)CC2)c1=O. The number of nitrogens with two attached hydrogens (primary N) is 1. The van der Waals surface area contributed by atoms with Crippen molar-refractivity contribution in [2.45, 2.75) is 59.1 Å². The van der Waals surface area contributed by atoms with Crippen molar-refractivity contribution in [1.82, 2.24) is 24.0 Å². The van der Waals surface area contributed by atoms with Crippen LogP contribution in [-0.4, -0.2) is 75.3 Å². The van der Waals surface area contributed by atoms with Gasteiger partial charge in [0, 0.05) is 66.9 Å². The Morgan fingerprint density at radius 1 is 0.965 bits per heavy atom. The summed E-state index contributed by atoms with van der Waals surface area (Å²) < 4.78 is 15.6. The smallest absolute Gasteiger partial charge is 0.336 e. The summed E-state index contributed by atoms with van der Waals surface area (Å²) in [6.45, 7) is 12.9. The molecule has 1 aliphatic heterocycles. The molecule has 0 spiro atoms. The average molecular weight is 791 g/mol. The molecule has 0 radical (unpaired) electrons. The van der Waals surface area contributed by atoms with Gasteiger partial charge in [0.1, 0.15) is 29.4 Å². The van der Waals surface area contributed by atoms with Crippen LogP contribution in [0.15, 0.2) is 88.7 Å². The van der Waals surface area contributed by atoms with Gasteiger partial charge in [-0.3, -0.25) is 23.6 Å². The van der Waals surface area contributed by atoms with Crippen LogP contribution >= 0.6 is 11.6 Å². The van der Waals surface area contributed by atoms with Gasteiger partial charge < -0.3 is 20.1 Å². The van der Waals surface area contributed by atoms with Crippen molar-refractivity contribution in [1.29, 1.82) is 5.26 Å². The van der Waals surface area contributed by atoms with E-state index in [2.05, 4.69) is 20.9 Å². The first kappa shape index (κ1) is 39.5. The number of hydrogen-bond acceptors (Lipinski definition) is 10. The molecule has 0 unspecified atom stereocenters. The number of pyridine rings is 2. The second-order valence-electron chi connectivity index (χ2n) is 16.0. The number of unbranched alkanes of at least 4 members (excludes halogenated alkanes) is 2. The van der Waals surface area contributed by atoms with Crippen LogP contribution in [-0.2, 0) is 0 Å². The van der Waals surface area contributed by atoms with Crippen molar-refractivity contribution in [2.75, 3.05) is 44.2 Å². The maximum atomic E-state index is 14.5. The summed E-state index contributed by atoms with van der Waals surface area (Å²) >= 11 is 6.30. The maximum Gasteiger partial charge on any atom is 0.336 e. The Morgan fingerprint density at radius 3 is 2.40 bits per heavy atom. The van der Waals surface area contributed by atoms with E-state index < -0.39 is 34.0 Å². The molecule has 1 saturated carbocycles. The molecule has 2 N–H and O–H groups in total. The zero-order chi connectivity index (χ0) is 40.5. The summed E-state index contributed by atoms with van der Waals surface area (Å²) in [5, 5.41) is 10.4. The van der Waals surface area contributed by atoms with Gasteiger partial charge in [-0.25, -0.2) is 14.8 Å². The van der Waals surface area contributed by atoms with E-state index in [1.807, 2.05) is 64.1 Å². The molecule has 2 aliphatic rings. The van der Waals surface area contributed by atoms with Gasteiger partial charge in [-0.2, -0.15) is 5.26 Å². The summed E-state index contributed by atoms with van der Waals surface area (Å²) in [5.41, 5.74) is 5.11. The minimum atomic E-state index is -0.641. The number of halogens is 1. The van der Waals surface area contributed by atoms with E-state index in [4.69, 9.17) is 31.8 Å². The number of para-hydroxylation sites is 1. The van der Waals surface area contributed by atoms with Crippen molar-refractivity contribution < 1.29 is 14.3 Å². The first-order chi connectivity index (χ1) is 27.3. The fourth-order valence-corrected chi connectivity index (χ4v) is 9.07. The lowest BCUT2D eigenvalue weighted by molar-refractivity contribution is -0.189. The Bertz CT molecular complexity index is 2430. The van der Waals surface area contributed by atoms with E-state index in [0.717, 1.165) is 68.7 Å². The van der Waals surface area contributed by atoms with Gasteiger partial charge in [-0.1, -0.05) is 57.5 Å². The van der Waals surface area contributed by atoms with Crippen LogP contribution in [0.25, 0.3) is 16.6 Å². The number of ether oxygens (including phenoxy) is 2. The number of fused-ring (bicyclic) bond motifs is 1. The predicted octanol–water partition coefficient (Wildman–Crippen LogP) is 5.99. The Morgan fingerprint density at radius 2 is 1.72 bits per heavy atom. The second kappa shape index (κ2) is 16.0. The third-order valence-corrected chi connectivity index (χ3v) is 11.7. The number of rotatable bonds is 13. The minimum absolute atomic E-state index is 0.294. The Balaban J connectivity index is 1.02. The minimum Gasteiger partial charge on any atom is -0.489 e. The van der Waals surface area contributed by atoms with E-state index >= 15 is 0 Å². The zero-order valence-electron chi connectivity index (χ0n) is 32.7. The number of hydrogen-bond donors (Lipinski definition) is 1. The highest BCUT2D eigenvalue weighted by Crippen LogP contribution is 2.62. The molecular formula is C43H47ClN8O5. The van der Waals surface area contributed by atoms with E-state index in [1.54, 1.807) is 24.3 Å². The third kappa shape index (κ3) is 7.84. The number of piperazine rings is 1. The largest absolute Gasteiger partial charge is 0.489 e. The number of aromatic nitrogens is 4. The number of primary amides is 1. The van der Waals surface area contributed by atoms with Crippen LogP contribution < -0.4 is 31.4 Å². The Hall–Kier alpha value is -5.71. The molecule has 2 aromatic carbocycles. The van der Waals surface area contributed by atoms with Gasteiger partial charge in [-0.15, -0.1) is 0 Å². The van der Waals surface area contributed by atoms with Crippen molar-refractivity contribution in [2.24, 2.45) is 16.6 Å². The number of amides is 1. The molecule has 1 aliphatic carbocycles. The van der Waals surface area contributed by atoms with Crippen LogP contribution in [0, 0.1) is 22.2 Å². The molecule has 1 amide bonds. The van der Waals surface area contributed by atoms with Gasteiger partial charge in [0.2, 0.25) is 11.8 Å². The third-order valence-electron chi connectivity index (χ3n) is 11.4. The standard InChI is InChI=1S/C43H47ClN8O5/c1-42(2)39(43(3,4)40(42)57-31-14-12-29(26-45)32(44)25-31)52-36(53)16-18-51(41(52)55)34-24-28-10-6-7-11-33(28)48-38(34)56-23-9-5-8-17-49-19-21-50(22-20-49)35-15-13-30(27-47-35)37(46)54/h6-7,10-16,18,24-25,27,39-40H,5,8-9,17,19-23H2,1-4H3,(H2,46,54). The van der Waals surface area contributed by atoms with Crippen LogP contribution in [0.1, 0.15) is 68.9 Å². The molecule has 5 aromatic rings. The molecule has 0 atom stereocenters. The summed E-state index contributed by atoms with van der Waals surface area (Å²) in [6.07, 6.45) is 5.41.